The van der Waals surface area contributed by atoms with Crippen molar-refractivity contribution in [1.29, 1.82) is 0 Å². The Morgan fingerprint density at radius 3 is 2.23 bits per heavy atom. The fourth-order valence-electron chi connectivity index (χ4n) is 2.39. The van der Waals surface area contributed by atoms with E-state index in [1.54, 1.807) is 19.1 Å². The van der Waals surface area contributed by atoms with Crippen LogP contribution in [0, 0.1) is 30.4 Å². The first-order valence-corrected chi connectivity index (χ1v) is 8.59. The summed E-state index contributed by atoms with van der Waals surface area (Å²) >= 11 is 0. The van der Waals surface area contributed by atoms with Gasteiger partial charge in [0, 0.05) is 5.56 Å². The third-order valence-electron chi connectivity index (χ3n) is 4.41. The van der Waals surface area contributed by atoms with Crippen molar-refractivity contribution >= 4 is 6.08 Å². The Hall–Kier alpha value is -2.10. The van der Waals surface area contributed by atoms with Gasteiger partial charge in [0.05, 0.1) is 0 Å². The number of hydrogen-bond acceptors (Lipinski definition) is 0. The topological polar surface area (TPSA) is 0 Å². The molecule has 2 atom stereocenters. The van der Waals surface area contributed by atoms with E-state index in [2.05, 4.69) is 13.2 Å². The lowest BCUT2D eigenvalue weighted by atomic mass is 9.91. The lowest BCUT2D eigenvalue weighted by Crippen LogP contribution is -2.03. The number of allylic oxidation sites excluding steroid dienone is 5. The van der Waals surface area contributed by atoms with Crippen molar-refractivity contribution in [3.05, 3.63) is 76.9 Å². The Balaban J connectivity index is 2.68. The molecule has 26 heavy (non-hydrogen) atoms. The number of hydrogen-bond donors (Lipinski definition) is 0. The molecule has 4 heteroatoms. The summed E-state index contributed by atoms with van der Waals surface area (Å²) in [4.78, 5) is 0. The molecule has 0 spiro atoms. The molecule has 0 aliphatic heterocycles. The van der Waals surface area contributed by atoms with E-state index in [-0.39, 0.29) is 34.1 Å². The zero-order valence-corrected chi connectivity index (χ0v) is 15.8. The molecule has 0 heterocycles. The molecule has 0 aromatic heterocycles. The normalized spacial score (nSPS) is 14.9. The highest BCUT2D eigenvalue weighted by atomic mass is 19.2. The van der Waals surface area contributed by atoms with Crippen LogP contribution in [0.25, 0.3) is 6.08 Å². The monoisotopic (exact) mass is 366 g/mol. The van der Waals surface area contributed by atoms with Gasteiger partial charge in [0.1, 0.15) is 0 Å². The maximum absolute atomic E-state index is 14.0. The fraction of sp³-hybridized carbons (Fsp3) is 0.364. The highest BCUT2D eigenvalue weighted by molar-refractivity contribution is 5.51. The number of aryl methyl sites for hydroxylation is 1. The van der Waals surface area contributed by atoms with Gasteiger partial charge in [0.25, 0.3) is 0 Å². The van der Waals surface area contributed by atoms with E-state index in [0.29, 0.717) is 12.8 Å². The van der Waals surface area contributed by atoms with Crippen LogP contribution in [-0.2, 0) is 0 Å². The fourth-order valence-corrected chi connectivity index (χ4v) is 2.39. The van der Waals surface area contributed by atoms with Crippen molar-refractivity contribution in [2.75, 3.05) is 0 Å². The van der Waals surface area contributed by atoms with Crippen molar-refractivity contribution in [3.8, 4) is 0 Å². The van der Waals surface area contributed by atoms with Crippen LogP contribution < -0.4 is 0 Å². The minimum absolute atomic E-state index is 0.0273. The molecule has 0 radical (unpaired) electrons. The first-order chi connectivity index (χ1) is 12.1. The third-order valence-corrected chi connectivity index (χ3v) is 4.41. The summed E-state index contributed by atoms with van der Waals surface area (Å²) in [5.74, 6) is -3.81. The summed E-state index contributed by atoms with van der Waals surface area (Å²) < 4.78 is 55.0. The molecule has 1 aromatic rings. The summed E-state index contributed by atoms with van der Waals surface area (Å²) in [5, 5.41) is 0. The van der Waals surface area contributed by atoms with Gasteiger partial charge in [-0.3, -0.25) is 0 Å². The van der Waals surface area contributed by atoms with Crippen molar-refractivity contribution in [2.24, 2.45) is 11.8 Å². The molecule has 142 valence electrons. The predicted octanol–water partition coefficient (Wildman–Crippen LogP) is 7.62. The van der Waals surface area contributed by atoms with Crippen LogP contribution in [0.2, 0.25) is 0 Å². The van der Waals surface area contributed by atoms with Gasteiger partial charge >= 0.3 is 0 Å². The summed E-state index contributed by atoms with van der Waals surface area (Å²) in [6.45, 7) is 13.6. The van der Waals surface area contributed by atoms with Crippen LogP contribution in [0.15, 0.2) is 54.2 Å². The molecule has 0 bridgehead atoms. The van der Waals surface area contributed by atoms with Crippen LogP contribution in [0.4, 0.5) is 17.6 Å². The molecule has 0 aliphatic rings. The molecule has 0 saturated heterocycles. The lowest BCUT2D eigenvalue weighted by Gasteiger charge is -2.15. The van der Waals surface area contributed by atoms with Gasteiger partial charge < -0.3 is 0 Å². The smallest absolute Gasteiger partial charge is 0.166 e. The Morgan fingerprint density at radius 2 is 1.65 bits per heavy atom. The average molecular weight is 366 g/mol. The zero-order valence-electron chi connectivity index (χ0n) is 15.8. The van der Waals surface area contributed by atoms with Crippen LogP contribution in [0.1, 0.15) is 44.7 Å². The van der Waals surface area contributed by atoms with E-state index in [1.165, 1.54) is 26.0 Å². The number of rotatable bonds is 8. The van der Waals surface area contributed by atoms with Crippen molar-refractivity contribution in [1.82, 2.24) is 0 Å². The first kappa shape index (κ1) is 21.9. The third kappa shape index (κ3) is 5.72. The Kier molecular flexibility index (Phi) is 8.07. The molecule has 0 aliphatic carbocycles. The van der Waals surface area contributed by atoms with Gasteiger partial charge in [-0.2, -0.15) is 0 Å². The van der Waals surface area contributed by atoms with Crippen molar-refractivity contribution < 1.29 is 17.6 Å². The number of halogens is 4. The van der Waals surface area contributed by atoms with E-state index < -0.39 is 23.3 Å². The second-order valence-electron chi connectivity index (χ2n) is 6.85. The minimum atomic E-state index is -0.966. The Morgan fingerprint density at radius 1 is 1.04 bits per heavy atom. The van der Waals surface area contributed by atoms with E-state index in [0.717, 1.165) is 0 Å². The summed E-state index contributed by atoms with van der Waals surface area (Å²) in [6.07, 6.45) is 4.59. The van der Waals surface area contributed by atoms with Crippen LogP contribution in [0.5, 0.6) is 0 Å². The largest absolute Gasteiger partial charge is 0.203 e. The molecular weight excluding hydrogens is 340 g/mol. The average Bonchev–Trinajstić information content (AvgIpc) is 2.61. The Bertz CT molecular complexity index is 741. The van der Waals surface area contributed by atoms with Crippen LogP contribution in [0.3, 0.4) is 0 Å². The standard InChI is InChI=1S/C22H26F4/c1-13(2)19(23)21(25)17(6)15(4)9-7-14(3)8-11-18-12-10-16(5)20(24)22(18)26/h8,10-12,14-15H,1,6-7,9H2,2-5H3/b11-8+,21-19-. The highest BCUT2D eigenvalue weighted by Gasteiger charge is 2.17. The molecule has 0 nitrogen and oxygen atoms in total. The van der Waals surface area contributed by atoms with Gasteiger partial charge in [0.15, 0.2) is 23.3 Å². The van der Waals surface area contributed by atoms with E-state index >= 15 is 0 Å². The van der Waals surface area contributed by atoms with E-state index in [1.807, 2.05) is 6.92 Å². The molecule has 0 fully saturated rings. The second kappa shape index (κ2) is 9.56. The minimum Gasteiger partial charge on any atom is -0.203 e. The molecule has 0 amide bonds. The van der Waals surface area contributed by atoms with Gasteiger partial charge in [-0.25, -0.2) is 17.6 Å². The number of benzene rings is 1. The summed E-state index contributed by atoms with van der Waals surface area (Å²) in [6, 6.07) is 3.06. The predicted molar refractivity (Wildman–Crippen MR) is 101 cm³/mol. The first-order valence-electron chi connectivity index (χ1n) is 8.59. The summed E-state index contributed by atoms with van der Waals surface area (Å²) in [5.41, 5.74) is 0.583. The van der Waals surface area contributed by atoms with Crippen LogP contribution >= 0.6 is 0 Å². The van der Waals surface area contributed by atoms with Gasteiger partial charge in [0.2, 0.25) is 0 Å². The summed E-state index contributed by atoms with van der Waals surface area (Å²) in [7, 11) is 0. The van der Waals surface area contributed by atoms with Crippen LogP contribution in [-0.4, -0.2) is 0 Å². The lowest BCUT2D eigenvalue weighted by molar-refractivity contribution is 0.485. The zero-order chi connectivity index (χ0) is 20.0. The highest BCUT2D eigenvalue weighted by Crippen LogP contribution is 2.29. The second-order valence-corrected chi connectivity index (χ2v) is 6.85. The SMILES string of the molecule is C=C(C)/C(F)=C(/F)C(=C)C(C)CCC(C)/C=C/c1ccc(C)c(F)c1F. The molecule has 1 rings (SSSR count). The molecular formula is C22H26F4. The maximum Gasteiger partial charge on any atom is 0.166 e. The van der Waals surface area contributed by atoms with Gasteiger partial charge in [-0.1, -0.05) is 51.3 Å². The molecule has 0 N–H and O–H groups in total. The van der Waals surface area contributed by atoms with E-state index in [9.17, 15) is 17.6 Å². The maximum atomic E-state index is 14.0. The van der Waals surface area contributed by atoms with Gasteiger partial charge in [-0.05, 0) is 55.2 Å². The quantitative estimate of drug-likeness (QED) is 0.328. The molecule has 1 aromatic carbocycles. The van der Waals surface area contributed by atoms with Crippen molar-refractivity contribution in [2.45, 2.75) is 40.5 Å². The Labute approximate surface area is 153 Å². The van der Waals surface area contributed by atoms with Crippen molar-refractivity contribution in [3.63, 3.8) is 0 Å². The molecule has 2 unspecified atom stereocenters. The van der Waals surface area contributed by atoms with Gasteiger partial charge in [-0.15, -0.1) is 0 Å². The molecule has 0 saturated carbocycles. The van der Waals surface area contributed by atoms with E-state index in [4.69, 9.17) is 0 Å².